The molecule has 0 aliphatic heterocycles. The molecular weight excluding hydrogens is 229 g/mol. The summed E-state index contributed by atoms with van der Waals surface area (Å²) in [5.74, 6) is 0.265. The molecule has 0 spiro atoms. The lowest BCUT2D eigenvalue weighted by atomic mass is 9.87. The van der Waals surface area contributed by atoms with Gasteiger partial charge in [0.15, 0.2) is 0 Å². The van der Waals surface area contributed by atoms with Crippen LogP contribution in [0.25, 0.3) is 0 Å². The molecule has 2 atom stereocenters. The van der Waals surface area contributed by atoms with Crippen molar-refractivity contribution in [2.24, 2.45) is 5.92 Å². The van der Waals surface area contributed by atoms with Gasteiger partial charge in [-0.3, -0.25) is 0 Å². The highest BCUT2D eigenvalue weighted by molar-refractivity contribution is 5.35. The average molecular weight is 244 g/mol. The number of hydrogen-bond acceptors (Lipinski definition) is 1. The lowest BCUT2D eigenvalue weighted by Crippen LogP contribution is -2.26. The van der Waals surface area contributed by atoms with Crippen LogP contribution >= 0.6 is 0 Å². The van der Waals surface area contributed by atoms with Crippen LogP contribution in [0, 0.1) is 5.92 Å². The normalized spacial score (nSPS) is 29.6. The summed E-state index contributed by atoms with van der Waals surface area (Å²) >= 11 is 0. The van der Waals surface area contributed by atoms with Crippen molar-refractivity contribution in [1.82, 2.24) is 0 Å². The van der Waals surface area contributed by atoms with Crippen LogP contribution in [-0.2, 0) is 11.8 Å². The van der Waals surface area contributed by atoms with Crippen molar-refractivity contribution >= 4 is 0 Å². The number of alkyl halides is 3. The summed E-state index contributed by atoms with van der Waals surface area (Å²) in [5, 5.41) is 10.4. The number of rotatable bonds is 1. The molecule has 1 aromatic carbocycles. The second kappa shape index (κ2) is 4.02. The summed E-state index contributed by atoms with van der Waals surface area (Å²) in [7, 11) is 0. The van der Waals surface area contributed by atoms with Crippen molar-refractivity contribution in [1.29, 1.82) is 0 Å². The fourth-order valence-corrected chi connectivity index (χ4v) is 2.65. The Labute approximate surface area is 98.3 Å². The summed E-state index contributed by atoms with van der Waals surface area (Å²) < 4.78 is 38.6. The van der Waals surface area contributed by atoms with Crippen LogP contribution in [0.5, 0.6) is 0 Å². The van der Waals surface area contributed by atoms with E-state index < -0.39 is 17.3 Å². The highest BCUT2D eigenvalue weighted by Crippen LogP contribution is 2.46. The van der Waals surface area contributed by atoms with Crippen molar-refractivity contribution in [3.05, 3.63) is 35.4 Å². The number of hydrogen-bond donors (Lipinski definition) is 1. The van der Waals surface area contributed by atoms with Crippen molar-refractivity contribution in [2.45, 2.75) is 38.0 Å². The molecular formula is C13H15F3O. The van der Waals surface area contributed by atoms with Gasteiger partial charge in [0.05, 0.1) is 11.2 Å². The Morgan fingerprint density at radius 3 is 2.47 bits per heavy atom. The van der Waals surface area contributed by atoms with Gasteiger partial charge in [-0.15, -0.1) is 0 Å². The van der Waals surface area contributed by atoms with Crippen LogP contribution in [0.1, 0.15) is 37.3 Å². The molecule has 1 aliphatic carbocycles. The average Bonchev–Trinajstić information content (AvgIpc) is 2.59. The van der Waals surface area contributed by atoms with Gasteiger partial charge in [0.2, 0.25) is 0 Å². The molecule has 17 heavy (non-hydrogen) atoms. The Hall–Kier alpha value is -1.03. The minimum atomic E-state index is -4.40. The van der Waals surface area contributed by atoms with Gasteiger partial charge < -0.3 is 5.11 Å². The van der Waals surface area contributed by atoms with Gasteiger partial charge in [-0.25, -0.2) is 0 Å². The third-order valence-corrected chi connectivity index (χ3v) is 3.47. The second-order valence-electron chi connectivity index (χ2n) is 4.92. The zero-order valence-corrected chi connectivity index (χ0v) is 9.59. The van der Waals surface area contributed by atoms with Gasteiger partial charge in [-0.1, -0.05) is 25.1 Å². The van der Waals surface area contributed by atoms with Crippen LogP contribution in [0.15, 0.2) is 24.3 Å². The minimum Gasteiger partial charge on any atom is -0.385 e. The van der Waals surface area contributed by atoms with Gasteiger partial charge in [0, 0.05) is 0 Å². The molecule has 1 saturated carbocycles. The van der Waals surface area contributed by atoms with Gasteiger partial charge >= 0.3 is 6.18 Å². The molecule has 1 N–H and O–H groups in total. The molecule has 4 heteroatoms. The molecule has 1 nitrogen and oxygen atoms in total. The van der Waals surface area contributed by atoms with E-state index in [4.69, 9.17) is 0 Å². The van der Waals surface area contributed by atoms with Crippen molar-refractivity contribution in [3.8, 4) is 0 Å². The van der Waals surface area contributed by atoms with Gasteiger partial charge in [-0.2, -0.15) is 13.2 Å². The van der Waals surface area contributed by atoms with Crippen molar-refractivity contribution in [3.63, 3.8) is 0 Å². The zero-order valence-electron chi connectivity index (χ0n) is 9.59. The summed E-state index contributed by atoms with van der Waals surface area (Å²) in [6.45, 7) is 1.95. The topological polar surface area (TPSA) is 20.2 Å². The zero-order chi connectivity index (χ0) is 12.7. The molecule has 2 unspecified atom stereocenters. The second-order valence-corrected chi connectivity index (χ2v) is 4.92. The number of benzene rings is 1. The Kier molecular flexibility index (Phi) is 2.94. The Bertz CT molecular complexity index is 413. The first-order valence-electron chi connectivity index (χ1n) is 5.72. The van der Waals surface area contributed by atoms with E-state index in [0.717, 1.165) is 12.5 Å². The number of halogens is 3. The SMILES string of the molecule is CC1CCC(O)(c2ccccc2C(F)(F)F)C1. The van der Waals surface area contributed by atoms with Gasteiger partial charge in [-0.05, 0) is 36.8 Å². The molecule has 94 valence electrons. The predicted octanol–water partition coefficient (Wildman–Crippen LogP) is 3.71. The monoisotopic (exact) mass is 244 g/mol. The van der Waals surface area contributed by atoms with E-state index in [0.29, 0.717) is 12.8 Å². The van der Waals surface area contributed by atoms with Crippen LogP contribution in [0.2, 0.25) is 0 Å². The largest absolute Gasteiger partial charge is 0.416 e. The van der Waals surface area contributed by atoms with E-state index >= 15 is 0 Å². The molecule has 0 bridgehead atoms. The molecule has 1 aliphatic rings. The number of aliphatic hydroxyl groups is 1. The Morgan fingerprint density at radius 2 is 1.94 bits per heavy atom. The summed E-state index contributed by atoms with van der Waals surface area (Å²) in [5.41, 5.74) is -2.00. The minimum absolute atomic E-state index is 0.0249. The molecule has 0 heterocycles. The van der Waals surface area contributed by atoms with Crippen LogP contribution in [-0.4, -0.2) is 5.11 Å². The maximum absolute atomic E-state index is 12.9. The van der Waals surface area contributed by atoms with E-state index in [2.05, 4.69) is 0 Å². The summed E-state index contributed by atoms with van der Waals surface area (Å²) in [6, 6.07) is 5.33. The van der Waals surface area contributed by atoms with Crippen LogP contribution in [0.4, 0.5) is 13.2 Å². The lowest BCUT2D eigenvalue weighted by molar-refractivity contribution is -0.140. The maximum Gasteiger partial charge on any atom is 0.416 e. The molecule has 2 rings (SSSR count). The first kappa shape index (κ1) is 12.4. The fraction of sp³-hybridized carbons (Fsp3) is 0.538. The van der Waals surface area contributed by atoms with Crippen LogP contribution < -0.4 is 0 Å². The van der Waals surface area contributed by atoms with Crippen molar-refractivity contribution < 1.29 is 18.3 Å². The summed E-state index contributed by atoms with van der Waals surface area (Å²) in [6.07, 6.45) is -2.83. The molecule has 0 aromatic heterocycles. The first-order valence-corrected chi connectivity index (χ1v) is 5.72. The maximum atomic E-state index is 12.9. The first-order chi connectivity index (χ1) is 7.83. The fourth-order valence-electron chi connectivity index (χ4n) is 2.65. The molecule has 1 fully saturated rings. The Balaban J connectivity index is 2.46. The molecule has 1 aromatic rings. The predicted molar refractivity (Wildman–Crippen MR) is 58.4 cm³/mol. The van der Waals surface area contributed by atoms with Crippen molar-refractivity contribution in [2.75, 3.05) is 0 Å². The van der Waals surface area contributed by atoms with E-state index in [9.17, 15) is 18.3 Å². The molecule has 0 amide bonds. The molecule has 0 saturated heterocycles. The highest BCUT2D eigenvalue weighted by Gasteiger charge is 2.43. The Morgan fingerprint density at radius 1 is 1.29 bits per heavy atom. The third kappa shape index (κ3) is 2.32. The quantitative estimate of drug-likeness (QED) is 0.798. The smallest absolute Gasteiger partial charge is 0.385 e. The lowest BCUT2D eigenvalue weighted by Gasteiger charge is -2.26. The van der Waals surface area contributed by atoms with Gasteiger partial charge in [0.25, 0.3) is 0 Å². The molecule has 0 radical (unpaired) electrons. The third-order valence-electron chi connectivity index (χ3n) is 3.47. The van der Waals surface area contributed by atoms with Gasteiger partial charge in [0.1, 0.15) is 0 Å². The standard InChI is InChI=1S/C13H15F3O/c1-9-6-7-12(17,8-9)10-4-2-3-5-11(10)13(14,15)16/h2-5,9,17H,6-8H2,1H3. The van der Waals surface area contributed by atoms with E-state index in [1.54, 1.807) is 6.07 Å². The van der Waals surface area contributed by atoms with E-state index in [1.165, 1.54) is 12.1 Å². The van der Waals surface area contributed by atoms with E-state index in [-0.39, 0.29) is 11.5 Å². The highest BCUT2D eigenvalue weighted by atomic mass is 19.4. The van der Waals surface area contributed by atoms with E-state index in [1.807, 2.05) is 6.92 Å². The summed E-state index contributed by atoms with van der Waals surface area (Å²) in [4.78, 5) is 0. The van der Waals surface area contributed by atoms with Crippen LogP contribution in [0.3, 0.4) is 0 Å².